The summed E-state index contributed by atoms with van der Waals surface area (Å²) in [5.41, 5.74) is 1.50. The van der Waals surface area contributed by atoms with E-state index >= 15 is 0 Å². The standard InChI is InChI=1S/C21H36N6O.2ClH/c1-16-7-12-25(13-8-16)14-18-4-3-11-26(15-18)21(28)20-17(2)27(24-23-20)19-5-9-22-10-6-19;;/h16,18-19,22H,3-15H2,1-2H3;2*1H. The van der Waals surface area contributed by atoms with E-state index in [0.717, 1.165) is 63.6 Å². The van der Waals surface area contributed by atoms with Crippen molar-refractivity contribution in [2.45, 2.75) is 58.4 Å². The minimum atomic E-state index is 0. The van der Waals surface area contributed by atoms with Gasteiger partial charge in [0.25, 0.3) is 5.91 Å². The van der Waals surface area contributed by atoms with Gasteiger partial charge in [-0.25, -0.2) is 4.68 Å². The number of hydrogen-bond donors (Lipinski definition) is 1. The van der Waals surface area contributed by atoms with Crippen LogP contribution in [0.15, 0.2) is 0 Å². The lowest BCUT2D eigenvalue weighted by molar-refractivity contribution is 0.0615. The Kier molecular flexibility index (Phi) is 9.85. The molecule has 3 fully saturated rings. The van der Waals surface area contributed by atoms with Crippen LogP contribution in [0.1, 0.15) is 67.7 Å². The molecule has 4 rings (SSSR count). The summed E-state index contributed by atoms with van der Waals surface area (Å²) in [5, 5.41) is 12.0. The van der Waals surface area contributed by atoms with Crippen LogP contribution < -0.4 is 5.32 Å². The zero-order valence-electron chi connectivity index (χ0n) is 18.4. The second-order valence-corrected chi connectivity index (χ2v) is 9.19. The van der Waals surface area contributed by atoms with Gasteiger partial charge in [0.05, 0.1) is 11.7 Å². The fraction of sp³-hybridized carbons (Fsp3) is 0.857. The van der Waals surface area contributed by atoms with E-state index in [9.17, 15) is 4.79 Å². The summed E-state index contributed by atoms with van der Waals surface area (Å²) in [6, 6.07) is 0.367. The zero-order chi connectivity index (χ0) is 19.5. The Hall–Kier alpha value is -0.890. The number of aromatic nitrogens is 3. The predicted octanol–water partition coefficient (Wildman–Crippen LogP) is 2.94. The van der Waals surface area contributed by atoms with Gasteiger partial charge in [-0.2, -0.15) is 0 Å². The summed E-state index contributed by atoms with van der Waals surface area (Å²) >= 11 is 0. The molecule has 0 saturated carbocycles. The first-order chi connectivity index (χ1) is 13.6. The third kappa shape index (κ3) is 5.87. The Balaban J connectivity index is 0.00000160. The third-order valence-corrected chi connectivity index (χ3v) is 6.98. The van der Waals surface area contributed by atoms with Crippen LogP contribution in [0.5, 0.6) is 0 Å². The highest BCUT2D eigenvalue weighted by Gasteiger charge is 2.30. The number of halogens is 2. The Bertz CT molecular complexity index is 670. The molecule has 1 aromatic rings. The Morgan fingerprint density at radius 1 is 1.07 bits per heavy atom. The van der Waals surface area contributed by atoms with E-state index < -0.39 is 0 Å². The molecule has 0 aromatic carbocycles. The topological polar surface area (TPSA) is 66.3 Å². The summed E-state index contributed by atoms with van der Waals surface area (Å²) in [5.74, 6) is 1.53. The Morgan fingerprint density at radius 3 is 2.47 bits per heavy atom. The lowest BCUT2D eigenvalue weighted by Crippen LogP contribution is -2.45. The van der Waals surface area contributed by atoms with Gasteiger partial charge in [-0.1, -0.05) is 12.1 Å². The van der Waals surface area contributed by atoms with Crippen molar-refractivity contribution in [3.8, 4) is 0 Å². The van der Waals surface area contributed by atoms with E-state index in [1.807, 2.05) is 16.5 Å². The highest BCUT2D eigenvalue weighted by atomic mass is 35.5. The molecule has 1 N–H and O–H groups in total. The fourth-order valence-corrected chi connectivity index (χ4v) is 5.09. The van der Waals surface area contributed by atoms with E-state index in [1.165, 1.54) is 32.4 Å². The molecule has 1 atom stereocenters. The van der Waals surface area contributed by atoms with Crippen LogP contribution in [0, 0.1) is 18.8 Å². The van der Waals surface area contributed by atoms with Crippen molar-refractivity contribution in [1.29, 1.82) is 0 Å². The number of carbonyl (C=O) groups is 1. The molecule has 7 nitrogen and oxygen atoms in total. The lowest BCUT2D eigenvalue weighted by atomic mass is 9.94. The van der Waals surface area contributed by atoms with E-state index in [4.69, 9.17) is 0 Å². The van der Waals surface area contributed by atoms with Gasteiger partial charge in [0.15, 0.2) is 5.69 Å². The third-order valence-electron chi connectivity index (χ3n) is 6.98. The van der Waals surface area contributed by atoms with E-state index in [2.05, 4.69) is 27.5 Å². The van der Waals surface area contributed by atoms with Crippen molar-refractivity contribution in [1.82, 2.24) is 30.1 Å². The van der Waals surface area contributed by atoms with Gasteiger partial charge >= 0.3 is 0 Å². The van der Waals surface area contributed by atoms with Crippen LogP contribution in [0.3, 0.4) is 0 Å². The lowest BCUT2D eigenvalue weighted by Gasteiger charge is -2.37. The Labute approximate surface area is 193 Å². The van der Waals surface area contributed by atoms with Crippen molar-refractivity contribution in [3.05, 3.63) is 11.4 Å². The summed E-state index contributed by atoms with van der Waals surface area (Å²) in [6.07, 6.45) is 7.07. The van der Waals surface area contributed by atoms with Crippen LogP contribution in [-0.2, 0) is 0 Å². The van der Waals surface area contributed by atoms with E-state index in [1.54, 1.807) is 0 Å². The zero-order valence-corrected chi connectivity index (χ0v) is 20.0. The maximum absolute atomic E-state index is 13.2. The van der Waals surface area contributed by atoms with Gasteiger partial charge in [0.1, 0.15) is 0 Å². The molecule has 9 heteroatoms. The van der Waals surface area contributed by atoms with Gasteiger partial charge in [-0.3, -0.25) is 4.79 Å². The number of nitrogens with zero attached hydrogens (tertiary/aromatic N) is 5. The number of amides is 1. The predicted molar refractivity (Wildman–Crippen MR) is 124 cm³/mol. The second kappa shape index (κ2) is 11.7. The molecule has 0 spiro atoms. The van der Waals surface area contributed by atoms with Crippen molar-refractivity contribution >= 4 is 30.7 Å². The van der Waals surface area contributed by atoms with Gasteiger partial charge < -0.3 is 15.1 Å². The molecule has 1 aromatic heterocycles. The highest BCUT2D eigenvalue weighted by Crippen LogP contribution is 2.24. The number of nitrogens with one attached hydrogen (secondary N) is 1. The van der Waals surface area contributed by atoms with Gasteiger partial charge in [0, 0.05) is 19.6 Å². The van der Waals surface area contributed by atoms with Crippen molar-refractivity contribution in [2.24, 2.45) is 11.8 Å². The van der Waals surface area contributed by atoms with Crippen molar-refractivity contribution in [3.63, 3.8) is 0 Å². The average Bonchev–Trinajstić information content (AvgIpc) is 3.11. The summed E-state index contributed by atoms with van der Waals surface area (Å²) in [7, 11) is 0. The molecule has 1 amide bonds. The number of piperidine rings is 3. The fourth-order valence-electron chi connectivity index (χ4n) is 5.09. The first-order valence-corrected chi connectivity index (χ1v) is 11.3. The number of rotatable bonds is 4. The van der Waals surface area contributed by atoms with Crippen LogP contribution in [0.4, 0.5) is 0 Å². The molecule has 4 heterocycles. The molecule has 3 aliphatic heterocycles. The molecular formula is C21H38Cl2N6O. The minimum absolute atomic E-state index is 0. The number of carbonyl (C=O) groups excluding carboxylic acids is 1. The van der Waals surface area contributed by atoms with Gasteiger partial charge in [-0.15, -0.1) is 29.9 Å². The van der Waals surface area contributed by atoms with Crippen LogP contribution in [0.2, 0.25) is 0 Å². The summed E-state index contributed by atoms with van der Waals surface area (Å²) in [4.78, 5) is 17.8. The highest BCUT2D eigenvalue weighted by molar-refractivity contribution is 5.93. The SMILES string of the molecule is Cc1c(C(=O)N2CCCC(CN3CCC(C)CC3)C2)nnn1C1CCNCC1.Cl.Cl. The van der Waals surface area contributed by atoms with Crippen molar-refractivity contribution in [2.75, 3.05) is 45.8 Å². The maximum atomic E-state index is 13.2. The quantitative estimate of drug-likeness (QED) is 0.747. The molecule has 172 valence electrons. The molecule has 3 aliphatic rings. The van der Waals surface area contributed by atoms with Crippen LogP contribution in [-0.4, -0.2) is 76.5 Å². The second-order valence-electron chi connectivity index (χ2n) is 9.19. The van der Waals surface area contributed by atoms with E-state index in [-0.39, 0.29) is 30.7 Å². The smallest absolute Gasteiger partial charge is 0.276 e. The van der Waals surface area contributed by atoms with Crippen molar-refractivity contribution < 1.29 is 4.79 Å². The van der Waals surface area contributed by atoms with Crippen LogP contribution in [0.25, 0.3) is 0 Å². The average molecular weight is 461 g/mol. The molecular weight excluding hydrogens is 423 g/mol. The molecule has 0 radical (unpaired) electrons. The normalized spacial score (nSPS) is 24.2. The summed E-state index contributed by atoms with van der Waals surface area (Å²) in [6.45, 7) is 11.7. The molecule has 30 heavy (non-hydrogen) atoms. The summed E-state index contributed by atoms with van der Waals surface area (Å²) < 4.78 is 1.99. The number of hydrogen-bond acceptors (Lipinski definition) is 5. The maximum Gasteiger partial charge on any atom is 0.276 e. The molecule has 0 aliphatic carbocycles. The monoisotopic (exact) mass is 460 g/mol. The first kappa shape index (κ1) is 25.4. The molecule has 1 unspecified atom stereocenters. The first-order valence-electron chi connectivity index (χ1n) is 11.3. The molecule has 0 bridgehead atoms. The molecule has 3 saturated heterocycles. The largest absolute Gasteiger partial charge is 0.337 e. The minimum Gasteiger partial charge on any atom is -0.337 e. The number of likely N-dealkylation sites (tertiary alicyclic amines) is 2. The van der Waals surface area contributed by atoms with E-state index in [0.29, 0.717) is 17.7 Å². The van der Waals surface area contributed by atoms with Gasteiger partial charge in [0.2, 0.25) is 0 Å². The Morgan fingerprint density at radius 2 is 1.77 bits per heavy atom. The van der Waals surface area contributed by atoms with Crippen LogP contribution >= 0.6 is 24.8 Å². The van der Waals surface area contributed by atoms with Gasteiger partial charge in [-0.05, 0) is 83.5 Å².